The summed E-state index contributed by atoms with van der Waals surface area (Å²) in [6.07, 6.45) is 6.30. The van der Waals surface area contributed by atoms with Gasteiger partial charge in [0.25, 0.3) is 0 Å². The molecule has 1 saturated heterocycles. The van der Waals surface area contributed by atoms with Crippen LogP contribution in [0.15, 0.2) is 91.4 Å². The van der Waals surface area contributed by atoms with Crippen molar-refractivity contribution in [3.8, 4) is 22.3 Å². The summed E-state index contributed by atoms with van der Waals surface area (Å²) in [6.45, 7) is 9.45. The molecule has 200 valence electrons. The van der Waals surface area contributed by atoms with E-state index in [4.69, 9.17) is 9.72 Å². The van der Waals surface area contributed by atoms with E-state index < -0.39 is 0 Å². The summed E-state index contributed by atoms with van der Waals surface area (Å²) in [5, 5.41) is 0. The average Bonchev–Trinajstić information content (AvgIpc) is 3.46. The zero-order chi connectivity index (χ0) is 27.2. The minimum absolute atomic E-state index is 0.208. The summed E-state index contributed by atoms with van der Waals surface area (Å²) in [4.78, 5) is 27.1. The van der Waals surface area contributed by atoms with Crippen LogP contribution in [0.3, 0.4) is 0 Å². The maximum Gasteiger partial charge on any atom is 0.342 e. The molecule has 3 heterocycles. The molecule has 1 aliphatic rings. The number of likely N-dealkylation sites (N-methyl/N-ethyl adjacent to an activating group) is 1. The quantitative estimate of drug-likeness (QED) is 0.236. The first kappa shape index (κ1) is 26.6. The van der Waals surface area contributed by atoms with Crippen LogP contribution in [-0.4, -0.2) is 52.6 Å². The summed E-state index contributed by atoms with van der Waals surface area (Å²) >= 11 is 0. The third kappa shape index (κ3) is 6.18. The first-order valence-corrected chi connectivity index (χ1v) is 13.8. The summed E-state index contributed by atoms with van der Waals surface area (Å²) in [6, 6.07) is 25.1. The van der Waals surface area contributed by atoms with Crippen LogP contribution in [0, 0.1) is 0 Å². The topological polar surface area (TPSA) is 58.6 Å². The molecule has 0 aliphatic carbocycles. The van der Waals surface area contributed by atoms with Gasteiger partial charge in [-0.2, -0.15) is 0 Å². The molecule has 1 aliphatic heterocycles. The Morgan fingerprint density at radius 1 is 0.974 bits per heavy atom. The van der Waals surface area contributed by atoms with Crippen LogP contribution in [0.25, 0.3) is 22.3 Å². The van der Waals surface area contributed by atoms with E-state index >= 15 is 0 Å². The Labute approximate surface area is 231 Å². The lowest BCUT2D eigenvalue weighted by Crippen LogP contribution is -2.37. The van der Waals surface area contributed by atoms with Gasteiger partial charge in [-0.1, -0.05) is 67.6 Å². The van der Waals surface area contributed by atoms with Gasteiger partial charge in [0.1, 0.15) is 11.4 Å². The maximum atomic E-state index is 13.4. The Morgan fingerprint density at radius 2 is 1.74 bits per heavy atom. The smallest absolute Gasteiger partial charge is 0.342 e. The zero-order valence-corrected chi connectivity index (χ0v) is 23.0. The first-order valence-electron chi connectivity index (χ1n) is 13.8. The van der Waals surface area contributed by atoms with Gasteiger partial charge in [0.15, 0.2) is 0 Å². The minimum Gasteiger partial charge on any atom is -0.459 e. The minimum atomic E-state index is -0.323. The molecule has 2 aromatic heterocycles. The number of esters is 1. The van der Waals surface area contributed by atoms with Crippen LogP contribution >= 0.6 is 0 Å². The van der Waals surface area contributed by atoms with Gasteiger partial charge in [-0.05, 0) is 61.2 Å². The number of carbonyl (C=O) groups excluding carboxylic acids is 1. The van der Waals surface area contributed by atoms with Crippen molar-refractivity contribution >= 4 is 11.8 Å². The fraction of sp³-hybridized carbons (Fsp3) is 0.303. The van der Waals surface area contributed by atoms with E-state index in [1.165, 1.54) is 11.1 Å². The number of anilines is 1. The highest BCUT2D eigenvalue weighted by atomic mass is 16.5. The first-order chi connectivity index (χ1) is 19.0. The Morgan fingerprint density at radius 3 is 2.44 bits per heavy atom. The number of hydrogen-bond acceptors (Lipinski definition) is 6. The number of rotatable bonds is 9. The van der Waals surface area contributed by atoms with Crippen LogP contribution in [-0.2, 0) is 11.3 Å². The van der Waals surface area contributed by atoms with E-state index in [0.717, 1.165) is 49.3 Å². The normalized spacial score (nSPS) is 15.2. The summed E-state index contributed by atoms with van der Waals surface area (Å²) in [5.74, 6) is 0.387. The van der Waals surface area contributed by atoms with E-state index in [2.05, 4.69) is 52.0 Å². The lowest BCUT2D eigenvalue weighted by atomic mass is 10.0. The van der Waals surface area contributed by atoms with Crippen molar-refractivity contribution in [3.63, 3.8) is 0 Å². The summed E-state index contributed by atoms with van der Waals surface area (Å²) in [5.41, 5.74) is 5.97. The Hall–Kier alpha value is -4.03. The lowest BCUT2D eigenvalue weighted by Gasteiger charge is -2.28. The van der Waals surface area contributed by atoms with Crippen molar-refractivity contribution in [1.29, 1.82) is 0 Å². The maximum absolute atomic E-state index is 13.4. The third-order valence-electron chi connectivity index (χ3n) is 7.28. The molecule has 0 radical (unpaired) electrons. The monoisotopic (exact) mass is 520 g/mol. The van der Waals surface area contributed by atoms with E-state index in [1.54, 1.807) is 12.4 Å². The van der Waals surface area contributed by atoms with Gasteiger partial charge in [-0.3, -0.25) is 9.88 Å². The molecular weight excluding hydrogens is 484 g/mol. The number of carbonyl (C=O) groups is 1. The number of ether oxygens (including phenoxy) is 1. The standard InChI is InChI=1S/C33H36N4O2/c1-4-36(22-25-12-14-26(15-13-25)28-11-8-18-34-21-28)29-17-20-37(23-29)32-31(33(38)39-24(2)3)30(16-19-35-32)27-9-6-5-7-10-27/h5-16,18-19,21,24,29H,4,17,20,22-23H2,1-3H3. The van der Waals surface area contributed by atoms with Crippen LogP contribution in [0.4, 0.5) is 5.82 Å². The number of hydrogen-bond donors (Lipinski definition) is 0. The number of benzene rings is 2. The molecule has 0 saturated carbocycles. The number of pyridine rings is 2. The Balaban J connectivity index is 1.35. The Kier molecular flexibility index (Phi) is 8.33. The highest BCUT2D eigenvalue weighted by Gasteiger charge is 2.32. The average molecular weight is 521 g/mol. The van der Waals surface area contributed by atoms with Gasteiger partial charge in [0.05, 0.1) is 6.10 Å². The second kappa shape index (κ2) is 12.2. The summed E-state index contributed by atoms with van der Waals surface area (Å²) < 4.78 is 5.69. The molecular formula is C33H36N4O2. The van der Waals surface area contributed by atoms with Gasteiger partial charge in [-0.15, -0.1) is 0 Å². The predicted molar refractivity (Wildman–Crippen MR) is 157 cm³/mol. The van der Waals surface area contributed by atoms with Crippen molar-refractivity contribution < 1.29 is 9.53 Å². The molecule has 5 rings (SSSR count). The van der Waals surface area contributed by atoms with Gasteiger partial charge in [0.2, 0.25) is 0 Å². The molecule has 1 fully saturated rings. The van der Waals surface area contributed by atoms with Crippen LogP contribution in [0.2, 0.25) is 0 Å². The highest BCUT2D eigenvalue weighted by Crippen LogP contribution is 2.33. The van der Waals surface area contributed by atoms with Crippen molar-refractivity contribution in [2.75, 3.05) is 24.5 Å². The molecule has 4 aromatic rings. The lowest BCUT2D eigenvalue weighted by molar-refractivity contribution is 0.0379. The summed E-state index contributed by atoms with van der Waals surface area (Å²) in [7, 11) is 0. The third-order valence-corrected chi connectivity index (χ3v) is 7.28. The molecule has 1 atom stereocenters. The molecule has 6 heteroatoms. The van der Waals surface area contributed by atoms with Gasteiger partial charge >= 0.3 is 5.97 Å². The van der Waals surface area contributed by atoms with Gasteiger partial charge < -0.3 is 9.64 Å². The molecule has 0 bridgehead atoms. The van der Waals surface area contributed by atoms with E-state index in [0.29, 0.717) is 17.4 Å². The molecule has 1 unspecified atom stereocenters. The molecule has 0 spiro atoms. The van der Waals surface area contributed by atoms with Crippen molar-refractivity contribution in [2.45, 2.75) is 45.9 Å². The molecule has 0 N–H and O–H groups in total. The molecule has 6 nitrogen and oxygen atoms in total. The fourth-order valence-corrected chi connectivity index (χ4v) is 5.33. The molecule has 39 heavy (non-hydrogen) atoms. The Bertz CT molecular complexity index is 1370. The van der Waals surface area contributed by atoms with Crippen molar-refractivity contribution in [2.24, 2.45) is 0 Å². The second-order valence-corrected chi connectivity index (χ2v) is 10.3. The van der Waals surface area contributed by atoms with Crippen LogP contribution in [0.5, 0.6) is 0 Å². The van der Waals surface area contributed by atoms with E-state index in [9.17, 15) is 4.79 Å². The van der Waals surface area contributed by atoms with Crippen molar-refractivity contribution in [1.82, 2.24) is 14.9 Å². The SMILES string of the molecule is CCN(Cc1ccc(-c2cccnc2)cc1)C1CCN(c2nccc(-c3ccccc3)c2C(=O)OC(C)C)C1. The highest BCUT2D eigenvalue weighted by molar-refractivity contribution is 6.02. The molecule has 2 aromatic carbocycles. The second-order valence-electron chi connectivity index (χ2n) is 10.3. The number of nitrogens with zero attached hydrogens (tertiary/aromatic N) is 4. The van der Waals surface area contributed by atoms with Gasteiger partial charge in [0, 0.05) is 49.8 Å². The van der Waals surface area contributed by atoms with Gasteiger partial charge in [-0.25, -0.2) is 9.78 Å². The molecule has 0 amide bonds. The largest absolute Gasteiger partial charge is 0.459 e. The van der Waals surface area contributed by atoms with Crippen molar-refractivity contribution in [3.05, 3.63) is 103 Å². The number of aromatic nitrogens is 2. The van der Waals surface area contributed by atoms with Crippen LogP contribution < -0.4 is 4.90 Å². The predicted octanol–water partition coefficient (Wildman–Crippen LogP) is 6.48. The zero-order valence-electron chi connectivity index (χ0n) is 23.0. The van der Waals surface area contributed by atoms with E-state index in [-0.39, 0.29) is 12.1 Å². The fourth-order valence-electron chi connectivity index (χ4n) is 5.33. The van der Waals surface area contributed by atoms with Crippen LogP contribution in [0.1, 0.15) is 43.1 Å². The van der Waals surface area contributed by atoms with E-state index in [1.807, 2.05) is 62.5 Å².